The van der Waals surface area contributed by atoms with Crippen LogP contribution >= 0.6 is 0 Å². The first kappa shape index (κ1) is 18.9. The highest BCUT2D eigenvalue weighted by Gasteiger charge is 2.46. The summed E-state index contributed by atoms with van der Waals surface area (Å²) in [5, 5.41) is 8.62. The smallest absolute Gasteiger partial charge is 0.276 e. The number of benzene rings is 1. The summed E-state index contributed by atoms with van der Waals surface area (Å²) in [7, 11) is 0. The average molecular weight is 384 g/mol. The molecule has 0 spiro atoms. The summed E-state index contributed by atoms with van der Waals surface area (Å²) in [4.78, 5) is 15.2. The Balaban J connectivity index is 1.53. The van der Waals surface area contributed by atoms with Gasteiger partial charge in [0.1, 0.15) is 5.75 Å². The van der Waals surface area contributed by atoms with Crippen LogP contribution in [0.5, 0.6) is 11.6 Å². The Labute approximate surface area is 163 Å². The van der Waals surface area contributed by atoms with Gasteiger partial charge in [-0.3, -0.25) is 10.0 Å². The Morgan fingerprint density at radius 1 is 1.18 bits per heavy atom. The van der Waals surface area contributed by atoms with Crippen molar-refractivity contribution < 1.29 is 19.1 Å². The second kappa shape index (κ2) is 7.51. The Morgan fingerprint density at radius 3 is 2.32 bits per heavy atom. The van der Waals surface area contributed by atoms with Gasteiger partial charge < -0.3 is 4.74 Å². The molecule has 4 rings (SSSR count). The van der Waals surface area contributed by atoms with Crippen LogP contribution in [0.15, 0.2) is 36.5 Å². The number of pyridine rings is 1. The molecule has 1 heterocycles. The molecular weight excluding hydrogens is 359 g/mol. The molecule has 28 heavy (non-hydrogen) atoms. The number of rotatable bonds is 4. The first-order valence-electron chi connectivity index (χ1n) is 9.90. The zero-order chi connectivity index (χ0) is 19.7. The number of hydrogen-bond acceptors (Lipinski definition) is 4. The summed E-state index contributed by atoms with van der Waals surface area (Å²) in [6, 6.07) is 8.89. The van der Waals surface area contributed by atoms with Crippen LogP contribution in [-0.2, 0) is 5.41 Å². The maximum absolute atomic E-state index is 14.2. The maximum atomic E-state index is 14.2. The molecular formula is C22H25FN2O3. The topological polar surface area (TPSA) is 71.5 Å². The van der Waals surface area contributed by atoms with E-state index in [-0.39, 0.29) is 16.9 Å². The van der Waals surface area contributed by atoms with Gasteiger partial charge in [-0.2, -0.15) is 0 Å². The summed E-state index contributed by atoms with van der Waals surface area (Å²) in [5.74, 6) is 0.168. The summed E-state index contributed by atoms with van der Waals surface area (Å²) < 4.78 is 19.7. The van der Waals surface area contributed by atoms with E-state index in [1.807, 2.05) is 12.1 Å². The van der Waals surface area contributed by atoms with E-state index in [0.29, 0.717) is 5.75 Å². The van der Waals surface area contributed by atoms with Gasteiger partial charge >= 0.3 is 0 Å². The number of amides is 1. The van der Waals surface area contributed by atoms with Gasteiger partial charge in [-0.25, -0.2) is 14.9 Å². The summed E-state index contributed by atoms with van der Waals surface area (Å²) in [6.07, 6.45) is 9.02. The first-order valence-corrected chi connectivity index (χ1v) is 9.90. The Bertz CT molecular complexity index is 847. The summed E-state index contributed by atoms with van der Waals surface area (Å²) in [6.45, 7) is 2.41. The normalized spacial score (nSPS) is 26.5. The van der Waals surface area contributed by atoms with Crippen molar-refractivity contribution in [3.05, 3.63) is 53.5 Å². The van der Waals surface area contributed by atoms with Crippen molar-refractivity contribution in [3.8, 4) is 11.6 Å². The van der Waals surface area contributed by atoms with Gasteiger partial charge in [0, 0.05) is 6.20 Å². The summed E-state index contributed by atoms with van der Waals surface area (Å²) >= 11 is 0. The van der Waals surface area contributed by atoms with Gasteiger partial charge in [0.15, 0.2) is 5.82 Å². The Kier molecular flexibility index (Phi) is 5.06. The van der Waals surface area contributed by atoms with Crippen LogP contribution in [0.3, 0.4) is 0 Å². The number of carbonyl (C=O) groups excluding carboxylic acids is 1. The van der Waals surface area contributed by atoms with Crippen LogP contribution in [0, 0.1) is 17.7 Å². The van der Waals surface area contributed by atoms with Gasteiger partial charge in [-0.15, -0.1) is 0 Å². The van der Waals surface area contributed by atoms with Crippen molar-refractivity contribution >= 4 is 5.91 Å². The number of aromatic nitrogens is 1. The zero-order valence-corrected chi connectivity index (χ0v) is 16.0. The van der Waals surface area contributed by atoms with Crippen LogP contribution in [0.1, 0.15) is 61.4 Å². The predicted molar refractivity (Wildman–Crippen MR) is 102 cm³/mol. The fourth-order valence-electron chi connectivity index (χ4n) is 5.20. The molecule has 2 bridgehead atoms. The van der Waals surface area contributed by atoms with Crippen molar-refractivity contribution in [2.45, 2.75) is 50.9 Å². The minimum Gasteiger partial charge on any atom is -0.436 e. The number of carbonyl (C=O) groups is 1. The van der Waals surface area contributed by atoms with Gasteiger partial charge in [0.25, 0.3) is 11.8 Å². The lowest BCUT2D eigenvalue weighted by Crippen LogP contribution is -2.45. The van der Waals surface area contributed by atoms with Crippen LogP contribution in [0.25, 0.3) is 0 Å². The van der Waals surface area contributed by atoms with Crippen LogP contribution < -0.4 is 10.2 Å². The highest BCUT2D eigenvalue weighted by atomic mass is 19.1. The van der Waals surface area contributed by atoms with E-state index < -0.39 is 11.7 Å². The molecule has 148 valence electrons. The van der Waals surface area contributed by atoms with Gasteiger partial charge in [-0.1, -0.05) is 31.9 Å². The average Bonchev–Trinajstić information content (AvgIpc) is 2.69. The van der Waals surface area contributed by atoms with Gasteiger partial charge in [0.05, 0.1) is 5.56 Å². The molecule has 1 amide bonds. The summed E-state index contributed by atoms with van der Waals surface area (Å²) in [5.41, 5.74) is 2.90. The van der Waals surface area contributed by atoms with Gasteiger partial charge in [0.2, 0.25) is 0 Å². The first-order chi connectivity index (χ1) is 13.5. The van der Waals surface area contributed by atoms with E-state index in [1.165, 1.54) is 49.6 Å². The lowest BCUT2D eigenvalue weighted by molar-refractivity contribution is 0.0666. The van der Waals surface area contributed by atoms with Crippen molar-refractivity contribution in [1.29, 1.82) is 0 Å². The maximum Gasteiger partial charge on any atom is 0.276 e. The minimum atomic E-state index is -0.825. The van der Waals surface area contributed by atoms with E-state index in [2.05, 4.69) is 24.0 Å². The third-order valence-corrected chi connectivity index (χ3v) is 6.77. The lowest BCUT2D eigenvalue weighted by Gasteiger charge is -2.52. The van der Waals surface area contributed by atoms with Crippen molar-refractivity contribution in [2.24, 2.45) is 11.8 Å². The second-order valence-corrected chi connectivity index (χ2v) is 8.12. The fourth-order valence-corrected chi connectivity index (χ4v) is 5.20. The SMILES string of the molecule is CC1(c2ccc(Oc3ncc(C(=O)NO)cc3F)cc2)C2CCCC1CCC2. The number of hydroxylamine groups is 1. The van der Waals surface area contributed by atoms with Gasteiger partial charge in [-0.05, 0) is 66.7 Å². The monoisotopic (exact) mass is 384 g/mol. The number of hydrogen-bond donors (Lipinski definition) is 2. The molecule has 0 saturated heterocycles. The fraction of sp³-hybridized carbons (Fsp3) is 0.455. The highest BCUT2D eigenvalue weighted by molar-refractivity contribution is 5.93. The number of ether oxygens (including phenoxy) is 1. The molecule has 1 aromatic carbocycles. The van der Waals surface area contributed by atoms with E-state index in [9.17, 15) is 9.18 Å². The number of nitrogens with one attached hydrogen (secondary N) is 1. The largest absolute Gasteiger partial charge is 0.436 e. The Morgan fingerprint density at radius 2 is 1.79 bits per heavy atom. The van der Waals surface area contributed by atoms with Crippen LogP contribution in [-0.4, -0.2) is 16.1 Å². The molecule has 0 unspecified atom stereocenters. The number of halogens is 1. The standard InChI is InChI=1S/C22H25FN2O3/c1-22(15-4-2-5-16(22)7-3-6-15)17-8-10-18(11-9-17)28-21-19(23)12-14(13-24-21)20(26)25-27/h8-13,15-16,27H,2-7H2,1H3,(H,25,26). The third kappa shape index (κ3) is 3.26. The van der Waals surface area contributed by atoms with E-state index in [4.69, 9.17) is 9.94 Å². The van der Waals surface area contributed by atoms with E-state index in [0.717, 1.165) is 24.1 Å². The van der Waals surface area contributed by atoms with Crippen LogP contribution in [0.4, 0.5) is 4.39 Å². The number of fused-ring (bicyclic) bond motifs is 2. The molecule has 2 fully saturated rings. The highest BCUT2D eigenvalue weighted by Crippen LogP contribution is 2.54. The quantitative estimate of drug-likeness (QED) is 0.575. The van der Waals surface area contributed by atoms with Crippen molar-refractivity contribution in [2.75, 3.05) is 0 Å². The molecule has 6 heteroatoms. The third-order valence-electron chi connectivity index (χ3n) is 6.77. The molecule has 2 aromatic rings. The molecule has 0 radical (unpaired) electrons. The van der Waals surface area contributed by atoms with Crippen molar-refractivity contribution in [3.63, 3.8) is 0 Å². The molecule has 2 N–H and O–H groups in total. The van der Waals surface area contributed by atoms with Crippen LogP contribution in [0.2, 0.25) is 0 Å². The predicted octanol–water partition coefficient (Wildman–Crippen LogP) is 4.99. The molecule has 1 aromatic heterocycles. The molecule has 2 saturated carbocycles. The van der Waals surface area contributed by atoms with E-state index >= 15 is 0 Å². The van der Waals surface area contributed by atoms with Crippen molar-refractivity contribution in [1.82, 2.24) is 10.5 Å². The molecule has 0 aliphatic heterocycles. The lowest BCUT2D eigenvalue weighted by atomic mass is 9.53. The molecule has 5 nitrogen and oxygen atoms in total. The zero-order valence-electron chi connectivity index (χ0n) is 16.0. The molecule has 2 aliphatic rings. The molecule has 0 atom stereocenters. The minimum absolute atomic E-state index is 0.0838. The Hall–Kier alpha value is -2.47. The van der Waals surface area contributed by atoms with E-state index in [1.54, 1.807) is 0 Å². The second-order valence-electron chi connectivity index (χ2n) is 8.12. The molecule has 2 aliphatic carbocycles. The number of nitrogens with zero attached hydrogens (tertiary/aromatic N) is 1.